The second-order valence-corrected chi connectivity index (χ2v) is 4.74. The van der Waals surface area contributed by atoms with E-state index in [4.69, 9.17) is 5.11 Å². The number of rotatable bonds is 6. The molecule has 0 atom stereocenters. The summed E-state index contributed by atoms with van der Waals surface area (Å²) >= 11 is 0.914. The molecule has 1 heterocycles. The molecule has 21 heavy (non-hydrogen) atoms. The Kier molecular flexibility index (Phi) is 4.40. The zero-order valence-corrected chi connectivity index (χ0v) is 11.2. The summed E-state index contributed by atoms with van der Waals surface area (Å²) in [7, 11) is 0. The minimum Gasteiger partial charge on any atom is -0.507 e. The molecule has 0 saturated carbocycles. The van der Waals surface area contributed by atoms with Crippen molar-refractivity contribution in [2.45, 2.75) is 5.16 Å². The number of benzene rings is 1. The number of aromatic hydroxyl groups is 1. The van der Waals surface area contributed by atoms with Crippen LogP contribution in [0.15, 0.2) is 23.4 Å². The molecule has 0 unspecified atom stereocenters. The van der Waals surface area contributed by atoms with Gasteiger partial charge >= 0.3 is 5.97 Å². The van der Waals surface area contributed by atoms with Gasteiger partial charge in [-0.15, -0.1) is 5.10 Å². The van der Waals surface area contributed by atoms with Crippen LogP contribution in [-0.2, 0) is 9.59 Å². The number of thioether (sulfide) groups is 1. The van der Waals surface area contributed by atoms with Crippen LogP contribution in [0.1, 0.15) is 0 Å². The quantitative estimate of drug-likeness (QED) is 0.265. The van der Waals surface area contributed by atoms with Crippen molar-refractivity contribution >= 4 is 29.8 Å². The number of aromatic amines is 1. The lowest BCUT2D eigenvalue weighted by Crippen LogP contribution is -2.14. The number of carboxylic acids is 1. The minimum atomic E-state index is -1.00. The average Bonchev–Trinajstić information content (AvgIpc) is 2.93. The minimum absolute atomic E-state index is 0.133. The zero-order valence-electron chi connectivity index (χ0n) is 10.4. The third-order valence-corrected chi connectivity index (χ3v) is 3.22. The number of carboxylic acid groups (broad SMARTS) is 1. The predicted octanol–water partition coefficient (Wildman–Crippen LogP) is 0.706. The molecule has 1 aromatic carbocycles. The summed E-state index contributed by atoms with van der Waals surface area (Å²) in [5.41, 5.74) is 0.344. The molecule has 0 aliphatic rings. The van der Waals surface area contributed by atoms with E-state index in [1.54, 1.807) is 0 Å². The zero-order chi connectivity index (χ0) is 15.4. The Labute approximate surface area is 122 Å². The van der Waals surface area contributed by atoms with Gasteiger partial charge in [0, 0.05) is 0 Å². The smallest absolute Gasteiger partial charge is 0.313 e. The van der Waals surface area contributed by atoms with Gasteiger partial charge in [-0.1, -0.05) is 11.8 Å². The van der Waals surface area contributed by atoms with Crippen LogP contribution >= 0.6 is 11.8 Å². The van der Waals surface area contributed by atoms with Crippen LogP contribution in [-0.4, -0.2) is 48.7 Å². The molecule has 0 fully saturated rings. The van der Waals surface area contributed by atoms with E-state index in [1.165, 1.54) is 18.2 Å². The van der Waals surface area contributed by atoms with E-state index < -0.39 is 5.97 Å². The number of H-pyrrole nitrogens is 1. The van der Waals surface area contributed by atoms with Crippen LogP contribution in [0.3, 0.4) is 0 Å². The molecule has 10 heteroatoms. The van der Waals surface area contributed by atoms with Gasteiger partial charge in [0.25, 0.3) is 0 Å². The molecular weight excluding hydrogens is 300 g/mol. The largest absolute Gasteiger partial charge is 0.507 e. The molecule has 110 valence electrons. The van der Waals surface area contributed by atoms with Crippen molar-refractivity contribution < 1.29 is 25.0 Å². The van der Waals surface area contributed by atoms with Gasteiger partial charge in [-0.05, 0) is 18.2 Å². The van der Waals surface area contributed by atoms with Crippen molar-refractivity contribution in [3.63, 3.8) is 0 Å². The summed E-state index contributed by atoms with van der Waals surface area (Å²) in [4.78, 5) is 25.0. The van der Waals surface area contributed by atoms with Gasteiger partial charge in [-0.25, -0.2) is 4.98 Å². The lowest BCUT2D eigenvalue weighted by atomic mass is 10.1. The van der Waals surface area contributed by atoms with Gasteiger partial charge < -0.3 is 10.2 Å². The molecule has 9 nitrogen and oxygen atoms in total. The molecule has 1 aromatic heterocycles. The van der Waals surface area contributed by atoms with Crippen LogP contribution in [0, 0.1) is 0 Å². The van der Waals surface area contributed by atoms with Crippen LogP contribution in [0.25, 0.3) is 11.4 Å². The monoisotopic (exact) mass is 310 g/mol. The number of anilines is 1. The first-order valence-corrected chi connectivity index (χ1v) is 6.53. The lowest BCUT2D eigenvalue weighted by Gasteiger charge is -2.10. The number of hydroxylamine groups is 1. The molecule has 4 N–H and O–H groups in total. The third-order valence-electron chi connectivity index (χ3n) is 2.39. The molecular formula is C11H10N4O5S. The standard InChI is InChI=1S/C11H10N4O5S/c16-5-15(20)6-1-2-8(17)7(3-6)10-12-11(14-13-10)21-4-9(18)19/h1-3,5,17,20H,4H2,(H,18,19)(H,12,13,14). The topological polar surface area (TPSA) is 140 Å². The van der Waals surface area contributed by atoms with Crippen LogP contribution < -0.4 is 5.06 Å². The lowest BCUT2D eigenvalue weighted by molar-refractivity contribution is -0.133. The Hall–Kier alpha value is -2.59. The number of hydrogen-bond donors (Lipinski definition) is 4. The molecule has 0 saturated heterocycles. The van der Waals surface area contributed by atoms with E-state index in [0.29, 0.717) is 5.06 Å². The van der Waals surface area contributed by atoms with E-state index in [1.807, 2.05) is 0 Å². The van der Waals surface area contributed by atoms with E-state index >= 15 is 0 Å². The van der Waals surface area contributed by atoms with E-state index in [2.05, 4.69) is 15.2 Å². The van der Waals surface area contributed by atoms with Gasteiger partial charge in [-0.2, -0.15) is 5.06 Å². The van der Waals surface area contributed by atoms with Crippen molar-refractivity contribution in [1.82, 2.24) is 15.2 Å². The normalized spacial score (nSPS) is 10.3. The number of nitrogens with zero attached hydrogens (tertiary/aromatic N) is 3. The fourth-order valence-electron chi connectivity index (χ4n) is 1.47. The SMILES string of the molecule is O=CN(O)c1ccc(O)c(-c2nc(SCC(=O)O)n[nH]2)c1. The Morgan fingerprint density at radius 2 is 2.24 bits per heavy atom. The van der Waals surface area contributed by atoms with Gasteiger partial charge in [0.15, 0.2) is 5.82 Å². The van der Waals surface area contributed by atoms with E-state index in [9.17, 15) is 19.9 Å². The highest BCUT2D eigenvalue weighted by Crippen LogP contribution is 2.31. The molecule has 2 rings (SSSR count). The molecule has 0 aliphatic heterocycles. The summed E-state index contributed by atoms with van der Waals surface area (Å²) in [6, 6.07) is 3.95. The van der Waals surface area contributed by atoms with Crippen LogP contribution in [0.2, 0.25) is 0 Å². The average molecular weight is 310 g/mol. The second-order valence-electron chi connectivity index (χ2n) is 3.80. The summed E-state index contributed by atoms with van der Waals surface area (Å²) in [6.45, 7) is 0. The summed E-state index contributed by atoms with van der Waals surface area (Å²) in [5, 5.41) is 34.6. The van der Waals surface area contributed by atoms with Gasteiger partial charge in [0.05, 0.1) is 17.0 Å². The fourth-order valence-corrected chi connectivity index (χ4v) is 1.99. The van der Waals surface area contributed by atoms with E-state index in [0.717, 1.165) is 11.8 Å². The first-order valence-electron chi connectivity index (χ1n) is 5.55. The van der Waals surface area contributed by atoms with Gasteiger partial charge in [0.2, 0.25) is 11.6 Å². The summed E-state index contributed by atoms with van der Waals surface area (Å²) in [6.07, 6.45) is 0.199. The van der Waals surface area contributed by atoms with Crippen molar-refractivity contribution in [2.75, 3.05) is 10.8 Å². The Morgan fingerprint density at radius 1 is 1.48 bits per heavy atom. The Morgan fingerprint density at radius 3 is 2.90 bits per heavy atom. The fraction of sp³-hybridized carbons (Fsp3) is 0.0909. The number of nitrogens with one attached hydrogen (secondary N) is 1. The number of phenolic OH excluding ortho intramolecular Hbond substituents is 1. The first-order chi connectivity index (χ1) is 10.0. The molecule has 1 amide bonds. The summed E-state index contributed by atoms with van der Waals surface area (Å²) < 4.78 is 0. The molecule has 0 bridgehead atoms. The number of aliphatic carboxylic acids is 1. The number of hydrogen-bond acceptors (Lipinski definition) is 7. The first kappa shape index (κ1) is 14.8. The van der Waals surface area contributed by atoms with Crippen LogP contribution in [0.5, 0.6) is 5.75 Å². The van der Waals surface area contributed by atoms with Crippen LogP contribution in [0.4, 0.5) is 5.69 Å². The van der Waals surface area contributed by atoms with Crippen molar-refractivity contribution in [2.24, 2.45) is 0 Å². The third kappa shape index (κ3) is 3.49. The molecule has 2 aromatic rings. The van der Waals surface area contributed by atoms with E-state index in [-0.39, 0.29) is 40.1 Å². The second kappa shape index (κ2) is 6.24. The molecule has 0 spiro atoms. The number of phenols is 1. The predicted molar refractivity (Wildman–Crippen MR) is 72.2 cm³/mol. The summed E-state index contributed by atoms with van der Waals surface area (Å²) in [5.74, 6) is -1.15. The maximum absolute atomic E-state index is 10.5. The highest BCUT2D eigenvalue weighted by molar-refractivity contribution is 7.99. The highest BCUT2D eigenvalue weighted by Gasteiger charge is 2.13. The maximum Gasteiger partial charge on any atom is 0.313 e. The van der Waals surface area contributed by atoms with Crippen molar-refractivity contribution in [1.29, 1.82) is 0 Å². The molecule has 0 radical (unpaired) electrons. The Bertz CT molecular complexity index is 674. The highest BCUT2D eigenvalue weighted by atomic mass is 32.2. The van der Waals surface area contributed by atoms with Crippen molar-refractivity contribution in [3.05, 3.63) is 18.2 Å². The van der Waals surface area contributed by atoms with Crippen molar-refractivity contribution in [3.8, 4) is 17.1 Å². The number of aromatic nitrogens is 3. The molecule has 0 aliphatic carbocycles. The van der Waals surface area contributed by atoms with Gasteiger partial charge in [-0.3, -0.25) is 19.9 Å². The van der Waals surface area contributed by atoms with Gasteiger partial charge in [0.1, 0.15) is 5.75 Å². The maximum atomic E-state index is 10.5. The number of carbonyl (C=O) groups is 2. The Balaban J connectivity index is 2.28. The number of carbonyl (C=O) groups excluding carboxylic acids is 1. The number of amides is 1.